The summed E-state index contributed by atoms with van der Waals surface area (Å²) in [6.45, 7) is 0. The van der Waals surface area contributed by atoms with Gasteiger partial charge in [0.2, 0.25) is 9.84 Å². The van der Waals surface area contributed by atoms with Gasteiger partial charge in [-0.15, -0.1) is 0 Å². The molecule has 20 heavy (non-hydrogen) atoms. The van der Waals surface area contributed by atoms with Crippen LogP contribution >= 0.6 is 11.8 Å². The molecule has 6 heteroatoms. The zero-order valence-corrected chi connectivity index (χ0v) is 12.1. The Kier molecular flexibility index (Phi) is 3.07. The molecule has 0 spiro atoms. The van der Waals surface area contributed by atoms with Gasteiger partial charge in [-0.3, -0.25) is 0 Å². The lowest BCUT2D eigenvalue weighted by molar-refractivity contribution is 0.0596. The quantitative estimate of drug-likeness (QED) is 0.647. The number of hydrogen-bond acceptors (Lipinski definition) is 5. The summed E-state index contributed by atoms with van der Waals surface area (Å²) in [6, 6.07) is 11.4. The fraction of sp³-hybridized carbons (Fsp3) is 0.0714. The van der Waals surface area contributed by atoms with Crippen molar-refractivity contribution in [3.05, 3.63) is 48.0 Å². The van der Waals surface area contributed by atoms with E-state index in [0.29, 0.717) is 9.79 Å². The van der Waals surface area contributed by atoms with Crippen LogP contribution in [0, 0.1) is 0 Å². The van der Waals surface area contributed by atoms with Crippen molar-refractivity contribution < 1.29 is 17.9 Å². The highest BCUT2D eigenvalue weighted by atomic mass is 32.2. The van der Waals surface area contributed by atoms with Crippen LogP contribution in [0.15, 0.2) is 62.0 Å². The number of carbonyl (C=O) groups excluding carboxylic acids is 1. The molecule has 2 aromatic carbocycles. The molecule has 1 aliphatic rings. The third kappa shape index (κ3) is 1.83. The molecule has 1 aliphatic heterocycles. The zero-order chi connectivity index (χ0) is 14.3. The molecule has 4 nitrogen and oxygen atoms in total. The van der Waals surface area contributed by atoms with Crippen LogP contribution in [0.1, 0.15) is 10.4 Å². The summed E-state index contributed by atoms with van der Waals surface area (Å²) in [5, 5.41) is 0. The van der Waals surface area contributed by atoms with Crippen LogP contribution in [-0.2, 0) is 14.6 Å². The van der Waals surface area contributed by atoms with E-state index < -0.39 is 15.8 Å². The van der Waals surface area contributed by atoms with E-state index in [4.69, 9.17) is 4.74 Å². The van der Waals surface area contributed by atoms with Crippen LogP contribution in [0.3, 0.4) is 0 Å². The van der Waals surface area contributed by atoms with E-state index in [2.05, 4.69) is 0 Å². The normalized spacial score (nSPS) is 15.1. The Labute approximate surface area is 120 Å². The number of sulfone groups is 1. The lowest BCUT2D eigenvalue weighted by atomic mass is 10.2. The number of rotatable bonds is 1. The van der Waals surface area contributed by atoms with Gasteiger partial charge in [0.15, 0.2) is 0 Å². The van der Waals surface area contributed by atoms with Crippen molar-refractivity contribution in [2.75, 3.05) is 7.11 Å². The van der Waals surface area contributed by atoms with E-state index in [9.17, 15) is 13.2 Å². The molecule has 0 saturated heterocycles. The lowest BCUT2D eigenvalue weighted by Crippen LogP contribution is -2.13. The first-order valence-corrected chi connectivity index (χ1v) is 8.09. The fourth-order valence-corrected chi connectivity index (χ4v) is 5.40. The molecule has 0 radical (unpaired) electrons. The third-order valence-electron chi connectivity index (χ3n) is 3.02. The molecule has 3 rings (SSSR count). The number of fused-ring (bicyclic) bond motifs is 2. The Bertz CT molecular complexity index is 810. The highest BCUT2D eigenvalue weighted by molar-refractivity contribution is 8.02. The van der Waals surface area contributed by atoms with Crippen molar-refractivity contribution in [1.82, 2.24) is 0 Å². The molecule has 0 amide bonds. The molecule has 0 N–H and O–H groups in total. The summed E-state index contributed by atoms with van der Waals surface area (Å²) in [7, 11) is -2.32. The topological polar surface area (TPSA) is 60.4 Å². The maximum Gasteiger partial charge on any atom is 0.339 e. The first kappa shape index (κ1) is 13.2. The molecule has 1 heterocycles. The van der Waals surface area contributed by atoms with E-state index in [1.807, 2.05) is 0 Å². The van der Waals surface area contributed by atoms with E-state index in [1.54, 1.807) is 36.4 Å². The van der Waals surface area contributed by atoms with Crippen molar-refractivity contribution in [1.29, 1.82) is 0 Å². The van der Waals surface area contributed by atoms with Crippen LogP contribution in [0.25, 0.3) is 0 Å². The maximum absolute atomic E-state index is 12.6. The molecule has 0 unspecified atom stereocenters. The number of benzene rings is 2. The molecule has 102 valence electrons. The maximum atomic E-state index is 12.6. The summed E-state index contributed by atoms with van der Waals surface area (Å²) in [4.78, 5) is 13.3. The van der Waals surface area contributed by atoms with Crippen LogP contribution in [0.2, 0.25) is 0 Å². The van der Waals surface area contributed by atoms with E-state index in [0.717, 1.165) is 0 Å². The first-order chi connectivity index (χ1) is 9.55. The summed E-state index contributed by atoms with van der Waals surface area (Å²) < 4.78 is 29.9. The van der Waals surface area contributed by atoms with Crippen molar-refractivity contribution in [3.63, 3.8) is 0 Å². The van der Waals surface area contributed by atoms with Gasteiger partial charge in [0.05, 0.1) is 22.5 Å². The predicted octanol–water partition coefficient (Wildman–Crippen LogP) is 2.77. The van der Waals surface area contributed by atoms with Gasteiger partial charge in [-0.25, -0.2) is 13.2 Å². The molecule has 0 fully saturated rings. The molecule has 0 aromatic heterocycles. The molecule has 0 saturated carbocycles. The molecular weight excluding hydrogens is 296 g/mol. The second-order valence-corrected chi connectivity index (χ2v) is 7.12. The Hall–Kier alpha value is -1.79. The number of methoxy groups -OCH3 is 1. The van der Waals surface area contributed by atoms with Gasteiger partial charge in [0.25, 0.3) is 0 Å². The van der Waals surface area contributed by atoms with Crippen LogP contribution in [-0.4, -0.2) is 21.5 Å². The summed E-state index contributed by atoms with van der Waals surface area (Å²) in [6.07, 6.45) is 0. The van der Waals surface area contributed by atoms with Gasteiger partial charge < -0.3 is 4.74 Å². The average Bonchev–Trinajstić information content (AvgIpc) is 2.46. The number of hydrogen-bond donors (Lipinski definition) is 0. The standard InChI is InChI=1S/C14H10O4S2/c1-18-14(15)9-5-4-8-12-13(9)19-10-6-2-3-7-11(10)20(12,16)17/h2-8H,1H3. The van der Waals surface area contributed by atoms with E-state index >= 15 is 0 Å². The van der Waals surface area contributed by atoms with Gasteiger partial charge in [-0.2, -0.15) is 0 Å². The minimum atomic E-state index is -3.59. The number of carbonyl (C=O) groups is 1. The molecule has 0 bridgehead atoms. The number of esters is 1. The Morgan fingerprint density at radius 1 is 1.05 bits per heavy atom. The van der Waals surface area contributed by atoms with E-state index in [1.165, 1.54) is 24.9 Å². The highest BCUT2D eigenvalue weighted by Gasteiger charge is 2.32. The van der Waals surface area contributed by atoms with Gasteiger partial charge in [-0.1, -0.05) is 30.0 Å². The number of ether oxygens (including phenoxy) is 1. The molecule has 0 atom stereocenters. The Morgan fingerprint density at radius 2 is 1.75 bits per heavy atom. The van der Waals surface area contributed by atoms with Crippen molar-refractivity contribution >= 4 is 27.6 Å². The van der Waals surface area contributed by atoms with E-state index in [-0.39, 0.29) is 15.4 Å². The van der Waals surface area contributed by atoms with Gasteiger partial charge in [-0.05, 0) is 24.3 Å². The minimum absolute atomic E-state index is 0.157. The van der Waals surface area contributed by atoms with Crippen molar-refractivity contribution in [2.45, 2.75) is 19.6 Å². The predicted molar refractivity (Wildman–Crippen MR) is 73.8 cm³/mol. The van der Waals surface area contributed by atoms with Crippen LogP contribution < -0.4 is 0 Å². The highest BCUT2D eigenvalue weighted by Crippen LogP contribution is 2.45. The van der Waals surface area contributed by atoms with Crippen LogP contribution in [0.5, 0.6) is 0 Å². The smallest absolute Gasteiger partial charge is 0.339 e. The largest absolute Gasteiger partial charge is 0.465 e. The summed E-state index contributed by atoms with van der Waals surface area (Å²) >= 11 is 1.28. The second-order valence-electron chi connectivity index (χ2n) is 4.18. The minimum Gasteiger partial charge on any atom is -0.465 e. The van der Waals surface area contributed by atoms with Crippen molar-refractivity contribution in [3.8, 4) is 0 Å². The third-order valence-corrected chi connectivity index (χ3v) is 6.36. The van der Waals surface area contributed by atoms with Gasteiger partial charge in [0, 0.05) is 9.79 Å². The molecular formula is C14H10O4S2. The monoisotopic (exact) mass is 306 g/mol. The van der Waals surface area contributed by atoms with Gasteiger partial charge >= 0.3 is 5.97 Å². The lowest BCUT2D eigenvalue weighted by Gasteiger charge is -2.20. The van der Waals surface area contributed by atoms with Crippen LogP contribution in [0.4, 0.5) is 0 Å². The second kappa shape index (κ2) is 4.64. The first-order valence-electron chi connectivity index (χ1n) is 5.79. The van der Waals surface area contributed by atoms with Crippen molar-refractivity contribution in [2.24, 2.45) is 0 Å². The SMILES string of the molecule is COC(=O)c1cccc2c1Sc1ccccc1S2(=O)=O. The van der Waals surface area contributed by atoms with Gasteiger partial charge in [0.1, 0.15) is 0 Å². The Morgan fingerprint density at radius 3 is 2.50 bits per heavy atom. The average molecular weight is 306 g/mol. The zero-order valence-electron chi connectivity index (χ0n) is 10.5. The molecule has 0 aliphatic carbocycles. The summed E-state index contributed by atoms with van der Waals surface area (Å²) in [5.74, 6) is -0.538. The molecule has 2 aromatic rings. The Balaban J connectivity index is 2.31. The fourth-order valence-electron chi connectivity index (χ4n) is 2.09. The summed E-state index contributed by atoms with van der Waals surface area (Å²) in [5.41, 5.74) is 0.271.